The Labute approximate surface area is 132 Å². The first-order valence-corrected chi connectivity index (χ1v) is 6.93. The first-order chi connectivity index (χ1) is 11.6. The summed E-state index contributed by atoms with van der Waals surface area (Å²) in [5.74, 6) is 0.584. The maximum atomic E-state index is 12.0. The Morgan fingerprint density at radius 1 is 0.833 bits per heavy atom. The number of fused-ring (bicyclic) bond motifs is 2. The number of hydrogen-bond acceptors (Lipinski definition) is 8. The standard InChI is InChI=1S/C12H12N10O2/c1-13-11-17-7-5(9(23)19-11)15-3-21(7)22-4-16-6-8(22)18-12(14-2)20-10(6)24/h3-4H,1-2H3,(H2,13,17,19,23)(H2,14,18,20,24). The molecule has 0 unspecified atom stereocenters. The predicted molar refractivity (Wildman–Crippen MR) is 86.2 cm³/mol. The monoisotopic (exact) mass is 328 g/mol. The number of nitrogens with one attached hydrogen (secondary N) is 4. The van der Waals surface area contributed by atoms with Crippen LogP contribution in [0.1, 0.15) is 0 Å². The summed E-state index contributed by atoms with van der Waals surface area (Å²) in [6.45, 7) is 0. The van der Waals surface area contributed by atoms with Crippen molar-refractivity contribution in [1.29, 1.82) is 0 Å². The number of imidazole rings is 2. The number of rotatable bonds is 3. The van der Waals surface area contributed by atoms with Crippen LogP contribution in [0, 0.1) is 0 Å². The second kappa shape index (κ2) is 4.91. The Morgan fingerprint density at radius 3 is 1.62 bits per heavy atom. The topological polar surface area (TPSA) is 151 Å². The molecule has 0 aliphatic heterocycles. The zero-order valence-electron chi connectivity index (χ0n) is 12.7. The Morgan fingerprint density at radius 2 is 1.25 bits per heavy atom. The highest BCUT2D eigenvalue weighted by atomic mass is 16.1. The summed E-state index contributed by atoms with van der Waals surface area (Å²) in [5.41, 5.74) is 0.165. The van der Waals surface area contributed by atoms with E-state index in [-0.39, 0.29) is 22.2 Å². The molecule has 0 saturated carbocycles. The minimum absolute atomic E-state index is 0.162. The lowest BCUT2D eigenvalue weighted by Crippen LogP contribution is -2.16. The van der Waals surface area contributed by atoms with Crippen LogP contribution in [0.5, 0.6) is 0 Å². The van der Waals surface area contributed by atoms with Gasteiger partial charge in [0.05, 0.1) is 0 Å². The molecule has 0 spiro atoms. The maximum Gasteiger partial charge on any atom is 0.280 e. The van der Waals surface area contributed by atoms with E-state index in [1.807, 2.05) is 0 Å². The Bertz CT molecular complexity index is 1090. The quantitative estimate of drug-likeness (QED) is 0.372. The van der Waals surface area contributed by atoms with E-state index >= 15 is 0 Å². The summed E-state index contributed by atoms with van der Waals surface area (Å²) in [5, 5.41) is 5.55. The van der Waals surface area contributed by atoms with Crippen LogP contribution in [0.3, 0.4) is 0 Å². The van der Waals surface area contributed by atoms with Gasteiger partial charge < -0.3 is 10.6 Å². The first-order valence-electron chi connectivity index (χ1n) is 6.93. The van der Waals surface area contributed by atoms with Crippen molar-refractivity contribution in [1.82, 2.24) is 39.3 Å². The molecule has 0 fully saturated rings. The summed E-state index contributed by atoms with van der Waals surface area (Å²) in [7, 11) is 3.27. The normalized spacial score (nSPS) is 11.2. The van der Waals surface area contributed by atoms with Crippen molar-refractivity contribution in [2.45, 2.75) is 0 Å². The van der Waals surface area contributed by atoms with Crippen molar-refractivity contribution in [2.24, 2.45) is 0 Å². The lowest BCUT2D eigenvalue weighted by molar-refractivity contribution is 0.687. The van der Waals surface area contributed by atoms with Gasteiger partial charge in [-0.1, -0.05) is 0 Å². The Balaban J connectivity index is 2.06. The summed E-state index contributed by atoms with van der Waals surface area (Å²) in [4.78, 5) is 46.0. The lowest BCUT2D eigenvalue weighted by Gasteiger charge is -2.06. The average molecular weight is 328 g/mol. The number of hydrogen-bond donors (Lipinski definition) is 4. The molecule has 12 nitrogen and oxygen atoms in total. The van der Waals surface area contributed by atoms with Crippen molar-refractivity contribution in [3.63, 3.8) is 0 Å². The highest BCUT2D eigenvalue weighted by Crippen LogP contribution is 2.13. The summed E-state index contributed by atoms with van der Waals surface area (Å²) in [6.07, 6.45) is 2.82. The van der Waals surface area contributed by atoms with Gasteiger partial charge in [0, 0.05) is 14.1 Å². The van der Waals surface area contributed by atoms with Gasteiger partial charge in [-0.25, -0.2) is 19.3 Å². The predicted octanol–water partition coefficient (Wildman–Crippen LogP) is -1.05. The number of H-pyrrole nitrogens is 2. The van der Waals surface area contributed by atoms with Gasteiger partial charge in [-0.05, 0) is 0 Å². The van der Waals surface area contributed by atoms with Gasteiger partial charge in [0.25, 0.3) is 11.1 Å². The molecule has 4 N–H and O–H groups in total. The Kier molecular flexibility index (Phi) is 2.85. The van der Waals surface area contributed by atoms with E-state index in [1.54, 1.807) is 14.1 Å². The summed E-state index contributed by atoms with van der Waals surface area (Å²) < 4.78 is 2.99. The van der Waals surface area contributed by atoms with Crippen LogP contribution in [-0.4, -0.2) is 53.4 Å². The van der Waals surface area contributed by atoms with Gasteiger partial charge in [-0.3, -0.25) is 19.6 Å². The fraction of sp³-hybridized carbons (Fsp3) is 0.167. The number of aromatic nitrogens is 8. The molecule has 0 amide bonds. The fourth-order valence-electron chi connectivity index (χ4n) is 2.35. The molecule has 122 valence electrons. The van der Waals surface area contributed by atoms with Crippen molar-refractivity contribution >= 4 is 34.2 Å². The van der Waals surface area contributed by atoms with E-state index < -0.39 is 0 Å². The second-order valence-electron chi connectivity index (χ2n) is 4.85. The first kappa shape index (κ1) is 13.9. The molecule has 4 aromatic heterocycles. The zero-order valence-corrected chi connectivity index (χ0v) is 12.7. The van der Waals surface area contributed by atoms with E-state index in [0.29, 0.717) is 23.2 Å². The minimum atomic E-state index is -0.380. The molecule has 4 rings (SSSR count). The molecule has 0 aliphatic rings. The van der Waals surface area contributed by atoms with E-state index in [9.17, 15) is 9.59 Å². The number of nitrogens with zero attached hydrogens (tertiary/aromatic N) is 6. The van der Waals surface area contributed by atoms with E-state index in [4.69, 9.17) is 0 Å². The molecule has 4 aromatic rings. The third-order valence-electron chi connectivity index (χ3n) is 3.49. The molecule has 12 heteroatoms. The third kappa shape index (κ3) is 1.86. The molecule has 0 aromatic carbocycles. The SMILES string of the molecule is CNc1nc2c(ncn2-n2cnc3c(=O)[nH]c(NC)nc32)c(=O)[nH]1. The number of anilines is 2. The molecule has 24 heavy (non-hydrogen) atoms. The molecular formula is C12H12N10O2. The van der Waals surface area contributed by atoms with Crippen LogP contribution < -0.4 is 21.8 Å². The Hall–Kier alpha value is -3.70. The summed E-state index contributed by atoms with van der Waals surface area (Å²) >= 11 is 0. The van der Waals surface area contributed by atoms with Crippen molar-refractivity contribution < 1.29 is 0 Å². The van der Waals surface area contributed by atoms with Crippen LogP contribution in [0.2, 0.25) is 0 Å². The van der Waals surface area contributed by atoms with E-state index in [1.165, 1.54) is 22.0 Å². The molecule has 4 heterocycles. The highest BCUT2D eigenvalue weighted by molar-refractivity contribution is 5.74. The van der Waals surface area contributed by atoms with Gasteiger partial charge in [0.1, 0.15) is 12.7 Å². The van der Waals surface area contributed by atoms with Crippen molar-refractivity contribution in [2.75, 3.05) is 24.7 Å². The largest absolute Gasteiger partial charge is 0.359 e. The van der Waals surface area contributed by atoms with Gasteiger partial charge in [0.15, 0.2) is 22.3 Å². The minimum Gasteiger partial charge on any atom is -0.359 e. The molecular weight excluding hydrogens is 316 g/mol. The van der Waals surface area contributed by atoms with Crippen LogP contribution >= 0.6 is 0 Å². The van der Waals surface area contributed by atoms with E-state index in [0.717, 1.165) is 0 Å². The third-order valence-corrected chi connectivity index (χ3v) is 3.49. The highest BCUT2D eigenvalue weighted by Gasteiger charge is 2.15. The molecule has 0 aliphatic carbocycles. The van der Waals surface area contributed by atoms with Crippen LogP contribution in [-0.2, 0) is 0 Å². The van der Waals surface area contributed by atoms with Crippen molar-refractivity contribution in [3.05, 3.63) is 33.4 Å². The fourth-order valence-corrected chi connectivity index (χ4v) is 2.35. The van der Waals surface area contributed by atoms with Gasteiger partial charge in [0.2, 0.25) is 11.9 Å². The van der Waals surface area contributed by atoms with Crippen LogP contribution in [0.15, 0.2) is 22.2 Å². The van der Waals surface area contributed by atoms with Gasteiger partial charge in [-0.2, -0.15) is 9.97 Å². The number of aromatic amines is 2. The van der Waals surface area contributed by atoms with Gasteiger partial charge in [-0.15, -0.1) is 0 Å². The van der Waals surface area contributed by atoms with E-state index in [2.05, 4.69) is 40.5 Å². The smallest absolute Gasteiger partial charge is 0.280 e. The molecule has 0 bridgehead atoms. The van der Waals surface area contributed by atoms with Crippen LogP contribution in [0.25, 0.3) is 22.3 Å². The molecule has 0 radical (unpaired) electrons. The van der Waals surface area contributed by atoms with Gasteiger partial charge >= 0.3 is 0 Å². The lowest BCUT2D eigenvalue weighted by atomic mass is 10.5. The average Bonchev–Trinajstić information content (AvgIpc) is 3.18. The van der Waals surface area contributed by atoms with Crippen LogP contribution in [0.4, 0.5) is 11.9 Å². The summed E-state index contributed by atoms with van der Waals surface area (Å²) in [6, 6.07) is 0. The molecule has 0 saturated heterocycles. The zero-order chi connectivity index (χ0) is 16.8. The molecule has 0 atom stereocenters. The second-order valence-corrected chi connectivity index (χ2v) is 4.85. The maximum absolute atomic E-state index is 12.0. The van der Waals surface area contributed by atoms with Crippen molar-refractivity contribution in [3.8, 4) is 0 Å².